The number of piperidine rings is 1. The second-order valence-electron chi connectivity index (χ2n) is 7.35. The van der Waals surface area contributed by atoms with E-state index in [1.165, 1.54) is 18.4 Å². The normalized spacial score (nSPS) is 24.1. The second-order valence-corrected chi connectivity index (χ2v) is 7.35. The highest BCUT2D eigenvalue weighted by Gasteiger charge is 2.26. The van der Waals surface area contributed by atoms with E-state index in [0.29, 0.717) is 12.1 Å². The van der Waals surface area contributed by atoms with E-state index in [1.807, 2.05) is 6.20 Å². The zero-order valence-corrected chi connectivity index (χ0v) is 14.6. The van der Waals surface area contributed by atoms with E-state index in [-0.39, 0.29) is 0 Å². The van der Waals surface area contributed by atoms with E-state index in [2.05, 4.69) is 38.3 Å². The molecular weight excluding hydrogens is 314 g/mol. The molecule has 1 aliphatic carbocycles. The number of aromatic nitrogens is 3. The van der Waals surface area contributed by atoms with E-state index in [0.717, 1.165) is 54.9 Å². The molecule has 4 rings (SSSR count). The van der Waals surface area contributed by atoms with Crippen molar-refractivity contribution in [3.05, 3.63) is 30.4 Å². The maximum Gasteiger partial charge on any atom is 0.144 e. The second kappa shape index (κ2) is 6.86. The van der Waals surface area contributed by atoms with Crippen molar-refractivity contribution in [3.8, 4) is 0 Å². The highest BCUT2D eigenvalue weighted by Crippen LogP contribution is 2.36. The van der Waals surface area contributed by atoms with Gasteiger partial charge in [0.2, 0.25) is 0 Å². The van der Waals surface area contributed by atoms with Gasteiger partial charge in [-0.2, -0.15) is 0 Å². The zero-order valence-electron chi connectivity index (χ0n) is 14.6. The van der Waals surface area contributed by atoms with Gasteiger partial charge < -0.3 is 15.2 Å². The first-order chi connectivity index (χ1) is 12.2. The minimum absolute atomic E-state index is 0.314. The van der Waals surface area contributed by atoms with Crippen molar-refractivity contribution in [1.29, 1.82) is 0 Å². The molecule has 2 N–H and O–H groups in total. The number of rotatable bonds is 6. The summed E-state index contributed by atoms with van der Waals surface area (Å²) < 4.78 is 0. The third-order valence-electron chi connectivity index (χ3n) is 5.38. The summed E-state index contributed by atoms with van der Waals surface area (Å²) in [6.07, 6.45) is 14.0. The number of likely N-dealkylation sites (tertiary alicyclic amines) is 1. The number of carbonyl (C=O) groups excluding carboxylic acids is 1. The summed E-state index contributed by atoms with van der Waals surface area (Å²) in [5, 5.41) is 4.78. The molecule has 1 saturated carbocycles. The Morgan fingerprint density at radius 1 is 1.32 bits per heavy atom. The number of aldehydes is 1. The molecule has 0 spiro atoms. The molecule has 1 aliphatic heterocycles. The minimum Gasteiger partial charge on any atom is -0.373 e. The molecule has 0 unspecified atom stereocenters. The molecule has 2 aromatic rings. The third-order valence-corrected chi connectivity index (χ3v) is 5.38. The van der Waals surface area contributed by atoms with Crippen molar-refractivity contribution >= 4 is 23.1 Å². The maximum absolute atomic E-state index is 10.6. The van der Waals surface area contributed by atoms with Crippen LogP contribution >= 0.6 is 0 Å². The molecule has 0 bridgehead atoms. The Kier molecular flexibility index (Phi) is 4.42. The number of carbonyl (C=O) groups is 1. The lowest BCUT2D eigenvalue weighted by atomic mass is 9.99. The Balaban J connectivity index is 1.54. The average Bonchev–Trinajstić information content (AvgIpc) is 3.34. The van der Waals surface area contributed by atoms with Gasteiger partial charge in [-0.05, 0) is 56.6 Å². The summed E-state index contributed by atoms with van der Waals surface area (Å²) in [4.78, 5) is 25.1. The van der Waals surface area contributed by atoms with Crippen LogP contribution in [0.1, 0.15) is 38.2 Å². The van der Waals surface area contributed by atoms with Gasteiger partial charge in [-0.15, -0.1) is 0 Å². The van der Waals surface area contributed by atoms with Gasteiger partial charge >= 0.3 is 0 Å². The molecule has 2 aliphatic rings. The summed E-state index contributed by atoms with van der Waals surface area (Å²) >= 11 is 0. The topological polar surface area (TPSA) is 73.9 Å². The Morgan fingerprint density at radius 2 is 2.20 bits per heavy atom. The van der Waals surface area contributed by atoms with Crippen LogP contribution in [-0.2, 0) is 11.2 Å². The van der Waals surface area contributed by atoms with Crippen LogP contribution in [0, 0.1) is 5.92 Å². The van der Waals surface area contributed by atoms with Crippen LogP contribution in [0.15, 0.2) is 24.8 Å². The predicted octanol–water partition coefficient (Wildman–Crippen LogP) is 2.89. The Morgan fingerprint density at radius 3 is 3.00 bits per heavy atom. The van der Waals surface area contributed by atoms with E-state index < -0.39 is 0 Å². The average molecular weight is 339 g/mol. The van der Waals surface area contributed by atoms with Crippen molar-refractivity contribution in [2.45, 2.75) is 51.1 Å². The molecule has 0 radical (unpaired) electrons. The first kappa shape index (κ1) is 16.1. The number of nitrogens with one attached hydrogen (secondary N) is 2. The molecule has 132 valence electrons. The summed E-state index contributed by atoms with van der Waals surface area (Å²) in [7, 11) is 0. The SMILES string of the molecule is C[C@H]1CC[C@@H](Nc2ncnc3[nH]cc(CC4CC4)c23)CN1C=CC=O. The molecule has 2 atom stereocenters. The highest BCUT2D eigenvalue weighted by atomic mass is 16.1. The van der Waals surface area contributed by atoms with E-state index in [1.54, 1.807) is 12.4 Å². The van der Waals surface area contributed by atoms with Crippen LogP contribution in [0.2, 0.25) is 0 Å². The van der Waals surface area contributed by atoms with Crippen molar-refractivity contribution < 1.29 is 4.79 Å². The van der Waals surface area contributed by atoms with Gasteiger partial charge in [-0.25, -0.2) is 9.97 Å². The number of fused-ring (bicyclic) bond motifs is 1. The fourth-order valence-electron chi connectivity index (χ4n) is 3.73. The molecule has 6 heteroatoms. The lowest BCUT2D eigenvalue weighted by Crippen LogP contribution is -2.44. The molecule has 1 saturated heterocycles. The monoisotopic (exact) mass is 339 g/mol. The number of allylic oxidation sites excluding steroid dienone is 1. The molecule has 3 heterocycles. The minimum atomic E-state index is 0.314. The largest absolute Gasteiger partial charge is 0.373 e. The standard InChI is InChI=1S/C19H25N5O/c1-13-3-6-16(11-24(13)7-2-8-25)23-19-17-15(9-14-4-5-14)10-20-18(17)21-12-22-19/h2,7-8,10,12-14,16H,3-6,9,11H2,1H3,(H2,20,21,22,23)/t13-,16+/m0/s1. The van der Waals surface area contributed by atoms with Gasteiger partial charge in [0.1, 0.15) is 24.1 Å². The number of hydrogen-bond acceptors (Lipinski definition) is 5. The summed E-state index contributed by atoms with van der Waals surface area (Å²) in [5.74, 6) is 1.76. The smallest absolute Gasteiger partial charge is 0.144 e. The molecule has 0 amide bonds. The first-order valence-electron chi connectivity index (χ1n) is 9.20. The molecule has 0 aromatic carbocycles. The van der Waals surface area contributed by atoms with E-state index >= 15 is 0 Å². The van der Waals surface area contributed by atoms with Gasteiger partial charge in [0.25, 0.3) is 0 Å². The van der Waals surface area contributed by atoms with Crippen LogP contribution in [-0.4, -0.2) is 44.8 Å². The zero-order chi connectivity index (χ0) is 17.2. The van der Waals surface area contributed by atoms with Gasteiger partial charge in [0, 0.05) is 31.0 Å². The Hall–Kier alpha value is -2.37. The van der Waals surface area contributed by atoms with Gasteiger partial charge in [-0.3, -0.25) is 4.79 Å². The third kappa shape index (κ3) is 3.52. The van der Waals surface area contributed by atoms with Crippen LogP contribution < -0.4 is 5.32 Å². The van der Waals surface area contributed by atoms with Crippen molar-refractivity contribution in [1.82, 2.24) is 19.9 Å². The Bertz CT molecular complexity index is 779. The summed E-state index contributed by atoms with van der Waals surface area (Å²) in [5.41, 5.74) is 2.23. The van der Waals surface area contributed by atoms with Gasteiger partial charge in [0.15, 0.2) is 0 Å². The van der Waals surface area contributed by atoms with Crippen LogP contribution in [0.4, 0.5) is 5.82 Å². The Labute approximate surface area is 147 Å². The van der Waals surface area contributed by atoms with Crippen molar-refractivity contribution in [2.24, 2.45) is 5.92 Å². The molecule has 2 aromatic heterocycles. The lowest BCUT2D eigenvalue weighted by Gasteiger charge is -2.37. The molecule has 25 heavy (non-hydrogen) atoms. The number of hydrogen-bond donors (Lipinski definition) is 2. The fraction of sp³-hybridized carbons (Fsp3) is 0.526. The lowest BCUT2D eigenvalue weighted by molar-refractivity contribution is -0.104. The fourth-order valence-corrected chi connectivity index (χ4v) is 3.73. The van der Waals surface area contributed by atoms with Crippen LogP contribution in [0.5, 0.6) is 0 Å². The van der Waals surface area contributed by atoms with Crippen molar-refractivity contribution in [2.75, 3.05) is 11.9 Å². The van der Waals surface area contributed by atoms with Crippen LogP contribution in [0.25, 0.3) is 11.0 Å². The van der Waals surface area contributed by atoms with Crippen LogP contribution in [0.3, 0.4) is 0 Å². The van der Waals surface area contributed by atoms with E-state index in [4.69, 9.17) is 0 Å². The first-order valence-corrected chi connectivity index (χ1v) is 9.20. The number of anilines is 1. The number of aromatic amines is 1. The maximum atomic E-state index is 10.6. The predicted molar refractivity (Wildman–Crippen MR) is 98.3 cm³/mol. The number of nitrogens with zero attached hydrogens (tertiary/aromatic N) is 3. The summed E-state index contributed by atoms with van der Waals surface area (Å²) in [6, 6.07) is 0.770. The molecule has 2 fully saturated rings. The molecular formula is C19H25N5O. The quantitative estimate of drug-likeness (QED) is 0.625. The summed E-state index contributed by atoms with van der Waals surface area (Å²) in [6.45, 7) is 3.08. The van der Waals surface area contributed by atoms with E-state index in [9.17, 15) is 4.79 Å². The van der Waals surface area contributed by atoms with Gasteiger partial charge in [-0.1, -0.05) is 0 Å². The highest BCUT2D eigenvalue weighted by molar-refractivity contribution is 5.90. The molecule has 6 nitrogen and oxygen atoms in total. The number of H-pyrrole nitrogens is 1. The van der Waals surface area contributed by atoms with Gasteiger partial charge in [0.05, 0.1) is 5.39 Å². The van der Waals surface area contributed by atoms with Crippen molar-refractivity contribution in [3.63, 3.8) is 0 Å².